The summed E-state index contributed by atoms with van der Waals surface area (Å²) >= 11 is 0. The highest BCUT2D eigenvalue weighted by atomic mass is 32.2. The first-order chi connectivity index (χ1) is 12.4. The van der Waals surface area contributed by atoms with Crippen molar-refractivity contribution in [2.45, 2.75) is 19.3 Å². The second-order valence-corrected chi connectivity index (χ2v) is 9.50. The maximum Gasteiger partial charge on any atom is 0.203 e. The molecule has 1 aliphatic heterocycles. The molecule has 6 heteroatoms. The molecule has 2 unspecified atom stereocenters. The predicted octanol–water partition coefficient (Wildman–Crippen LogP) is 2.51. The fourth-order valence-corrected chi connectivity index (χ4v) is 6.41. The summed E-state index contributed by atoms with van der Waals surface area (Å²) < 4.78 is 32.4. The molecule has 1 spiro atoms. The molecule has 4 rings (SSSR count). The molecule has 0 aromatic rings. The highest BCUT2D eigenvalue weighted by Crippen LogP contribution is 2.68. The molecular weight excluding hydrogens is 350 g/mol. The van der Waals surface area contributed by atoms with E-state index in [4.69, 9.17) is 4.74 Å². The van der Waals surface area contributed by atoms with Crippen molar-refractivity contribution in [3.05, 3.63) is 57.1 Å². The van der Waals surface area contributed by atoms with Gasteiger partial charge in [-0.1, -0.05) is 18.2 Å². The minimum atomic E-state index is -3.63. The van der Waals surface area contributed by atoms with E-state index in [-0.39, 0.29) is 17.8 Å². The van der Waals surface area contributed by atoms with Crippen LogP contribution >= 0.6 is 0 Å². The lowest BCUT2D eigenvalue weighted by Gasteiger charge is -2.36. The first kappa shape index (κ1) is 17.5. The van der Waals surface area contributed by atoms with E-state index in [1.54, 1.807) is 24.3 Å². The smallest absolute Gasteiger partial charge is 0.203 e. The van der Waals surface area contributed by atoms with Gasteiger partial charge in [0.2, 0.25) is 9.84 Å². The Kier molecular flexibility index (Phi) is 4.08. The molecule has 1 saturated carbocycles. The molecule has 5 nitrogen and oxygen atoms in total. The summed E-state index contributed by atoms with van der Waals surface area (Å²) in [4.78, 5) is 14.0. The molecule has 2 fully saturated rings. The Labute approximate surface area is 154 Å². The highest BCUT2D eigenvalue weighted by molar-refractivity contribution is 7.99. The van der Waals surface area contributed by atoms with Crippen LogP contribution in [0.2, 0.25) is 0 Å². The van der Waals surface area contributed by atoms with Crippen molar-refractivity contribution in [1.82, 2.24) is 4.90 Å². The van der Waals surface area contributed by atoms with Crippen LogP contribution in [0.15, 0.2) is 57.1 Å². The monoisotopic (exact) mass is 373 g/mol. The molecule has 0 aromatic carbocycles. The van der Waals surface area contributed by atoms with E-state index < -0.39 is 9.84 Å². The summed E-state index contributed by atoms with van der Waals surface area (Å²) in [7, 11) is -0.00462. The van der Waals surface area contributed by atoms with Crippen LogP contribution < -0.4 is 0 Å². The zero-order valence-corrected chi connectivity index (χ0v) is 15.9. The molecule has 4 aliphatic rings. The van der Waals surface area contributed by atoms with Gasteiger partial charge in [0.25, 0.3) is 0 Å². The number of rotatable bonds is 4. The Hall–Kier alpha value is -1.92. The molecule has 0 N–H and O–H groups in total. The summed E-state index contributed by atoms with van der Waals surface area (Å²) in [6.07, 6.45) is 11.4. The number of aldehydes is 1. The number of methoxy groups -OCH3 is 1. The average molecular weight is 373 g/mol. The van der Waals surface area contributed by atoms with Crippen LogP contribution in [0.25, 0.3) is 0 Å². The van der Waals surface area contributed by atoms with Crippen molar-refractivity contribution in [3.8, 4) is 0 Å². The third-order valence-electron chi connectivity index (χ3n) is 6.04. The van der Waals surface area contributed by atoms with Crippen molar-refractivity contribution >= 4 is 16.1 Å². The number of likely N-dealkylation sites (tertiary alicyclic amines) is 1. The quantitative estimate of drug-likeness (QED) is 0.709. The van der Waals surface area contributed by atoms with Gasteiger partial charge in [-0.3, -0.25) is 4.79 Å². The molecule has 0 amide bonds. The normalized spacial score (nSPS) is 31.2. The average Bonchev–Trinajstić information content (AvgIpc) is 3.38. The summed E-state index contributed by atoms with van der Waals surface area (Å²) in [5.74, 6) is 0.487. The third kappa shape index (κ3) is 2.55. The van der Waals surface area contributed by atoms with Crippen molar-refractivity contribution in [1.29, 1.82) is 0 Å². The topological polar surface area (TPSA) is 63.7 Å². The molecule has 1 saturated heterocycles. The largest absolute Gasteiger partial charge is 0.496 e. The summed E-state index contributed by atoms with van der Waals surface area (Å²) in [6.45, 7) is 1.86. The molecule has 138 valence electrons. The first-order valence-electron chi connectivity index (χ1n) is 8.88. The molecule has 0 radical (unpaired) electrons. The van der Waals surface area contributed by atoms with Crippen molar-refractivity contribution in [3.63, 3.8) is 0 Å². The summed E-state index contributed by atoms with van der Waals surface area (Å²) in [5.41, 5.74) is 1.77. The minimum absolute atomic E-state index is 0.00185. The van der Waals surface area contributed by atoms with E-state index in [2.05, 4.69) is 11.9 Å². The minimum Gasteiger partial charge on any atom is -0.496 e. The van der Waals surface area contributed by atoms with Crippen LogP contribution in [0.5, 0.6) is 0 Å². The second-order valence-electron chi connectivity index (χ2n) is 7.53. The maximum atomic E-state index is 13.4. The molecular formula is C20H23NO4S. The van der Waals surface area contributed by atoms with Crippen LogP contribution in [-0.2, 0) is 19.4 Å². The lowest BCUT2D eigenvalue weighted by atomic mass is 9.83. The fourth-order valence-electron chi connectivity index (χ4n) is 4.47. The van der Waals surface area contributed by atoms with Gasteiger partial charge in [-0.25, -0.2) is 8.42 Å². The van der Waals surface area contributed by atoms with Crippen LogP contribution in [-0.4, -0.2) is 46.9 Å². The number of carbonyl (C=O) groups is 1. The molecule has 1 heterocycles. The van der Waals surface area contributed by atoms with Crippen LogP contribution in [0.3, 0.4) is 0 Å². The van der Waals surface area contributed by atoms with Gasteiger partial charge in [0.15, 0.2) is 0 Å². The van der Waals surface area contributed by atoms with Gasteiger partial charge in [0.1, 0.15) is 12.0 Å². The molecule has 3 aliphatic carbocycles. The van der Waals surface area contributed by atoms with Crippen LogP contribution in [0.1, 0.15) is 19.3 Å². The zero-order chi connectivity index (χ0) is 18.5. The van der Waals surface area contributed by atoms with Gasteiger partial charge in [0.05, 0.1) is 16.9 Å². The van der Waals surface area contributed by atoms with Crippen molar-refractivity contribution in [2.24, 2.45) is 11.3 Å². The zero-order valence-electron chi connectivity index (χ0n) is 15.1. The summed E-state index contributed by atoms with van der Waals surface area (Å²) in [5, 5.41) is 0. The number of carbonyl (C=O) groups excluding carboxylic acids is 1. The standard InChI is InChI=1S/C20H23NO4S/c1-21-9-8-20-11-17(20)19(18(25-2)10-15(20)12-21)26(23,24)16-5-3-4-14(13-22)6-7-16/h3-4,6-7,10,13,17H,5,8-9,11-12H2,1-2H3. The van der Waals surface area contributed by atoms with Crippen LogP contribution in [0.4, 0.5) is 0 Å². The van der Waals surface area contributed by atoms with E-state index in [0.29, 0.717) is 21.1 Å². The Bertz CT molecular complexity index is 919. The number of allylic oxidation sites excluding steroid dienone is 8. The number of sulfone groups is 1. The van der Waals surface area contributed by atoms with Crippen molar-refractivity contribution in [2.75, 3.05) is 27.2 Å². The Morgan fingerprint density at radius 1 is 1.35 bits per heavy atom. The van der Waals surface area contributed by atoms with Gasteiger partial charge >= 0.3 is 0 Å². The summed E-state index contributed by atoms with van der Waals surface area (Å²) in [6, 6.07) is 0. The number of ether oxygens (including phenoxy) is 1. The lowest BCUT2D eigenvalue weighted by molar-refractivity contribution is -0.104. The van der Waals surface area contributed by atoms with E-state index in [1.807, 2.05) is 6.08 Å². The Balaban J connectivity index is 1.79. The van der Waals surface area contributed by atoms with E-state index >= 15 is 0 Å². The third-order valence-corrected chi connectivity index (χ3v) is 8.10. The molecule has 0 aromatic heterocycles. The van der Waals surface area contributed by atoms with Gasteiger partial charge in [0, 0.05) is 29.9 Å². The number of likely N-dealkylation sites (N-methyl/N-ethyl adjacent to an activating group) is 1. The maximum absolute atomic E-state index is 13.4. The number of hydrogen-bond acceptors (Lipinski definition) is 5. The van der Waals surface area contributed by atoms with Gasteiger partial charge < -0.3 is 9.64 Å². The molecule has 0 bridgehead atoms. The molecule has 2 atom stereocenters. The highest BCUT2D eigenvalue weighted by Gasteiger charge is 2.63. The lowest BCUT2D eigenvalue weighted by Crippen LogP contribution is -2.36. The SMILES string of the molecule is COC1=C(S(=O)(=O)C2=CC=C(C=O)C=CC2)C2CC23CCN(C)CC3=C1. The Morgan fingerprint density at radius 2 is 2.15 bits per heavy atom. The van der Waals surface area contributed by atoms with Gasteiger partial charge in [-0.05, 0) is 44.2 Å². The van der Waals surface area contributed by atoms with Crippen LogP contribution in [0, 0.1) is 11.3 Å². The van der Waals surface area contributed by atoms with Gasteiger partial charge in [-0.15, -0.1) is 0 Å². The number of piperidine rings is 1. The molecule has 26 heavy (non-hydrogen) atoms. The number of nitrogens with zero attached hydrogens (tertiary/aromatic N) is 1. The van der Waals surface area contributed by atoms with E-state index in [9.17, 15) is 13.2 Å². The van der Waals surface area contributed by atoms with E-state index in [0.717, 1.165) is 32.2 Å². The van der Waals surface area contributed by atoms with E-state index in [1.165, 1.54) is 12.7 Å². The second kappa shape index (κ2) is 6.06. The number of hydrogen-bond donors (Lipinski definition) is 0. The van der Waals surface area contributed by atoms with Gasteiger partial charge in [-0.2, -0.15) is 0 Å². The van der Waals surface area contributed by atoms with Crippen molar-refractivity contribution < 1.29 is 17.9 Å². The first-order valence-corrected chi connectivity index (χ1v) is 10.4. The predicted molar refractivity (Wildman–Crippen MR) is 99.7 cm³/mol. The Morgan fingerprint density at radius 3 is 2.88 bits per heavy atom. The fraction of sp³-hybridized carbons (Fsp3) is 0.450.